The minimum Gasteiger partial charge on any atom is -0.372 e. The fourth-order valence-electron chi connectivity index (χ4n) is 6.47. The van der Waals surface area contributed by atoms with E-state index in [0.29, 0.717) is 23.8 Å². The second-order valence-corrected chi connectivity index (χ2v) is 11.0. The third kappa shape index (κ3) is 4.03. The van der Waals surface area contributed by atoms with Crippen molar-refractivity contribution >= 4 is 17.5 Å². The Morgan fingerprint density at radius 2 is 2.00 bits per heavy atom. The van der Waals surface area contributed by atoms with Crippen LogP contribution in [0.5, 0.6) is 0 Å². The number of amides is 1. The minimum absolute atomic E-state index is 0.141. The van der Waals surface area contributed by atoms with Crippen molar-refractivity contribution in [3.05, 3.63) is 34.9 Å². The summed E-state index contributed by atoms with van der Waals surface area (Å²) >= 11 is 6.00. The van der Waals surface area contributed by atoms with E-state index < -0.39 is 0 Å². The number of carbonyl (C=O) groups is 1. The first-order valence-corrected chi connectivity index (χ1v) is 12.5. The molecule has 6 rings (SSSR count). The number of ether oxygens (including phenoxy) is 2. The monoisotopic (exact) mass is 444 g/mol. The van der Waals surface area contributed by atoms with Crippen LogP contribution in [0.3, 0.4) is 0 Å². The SMILES string of the molecule is O=C(C1CC1c1ccc(Cl)cc1)N1CC[C@H]2CC(CN3CC4(CCCCO4)C3)O[C@H]2C1. The molecule has 168 valence electrons. The number of halogens is 1. The highest BCUT2D eigenvalue weighted by Gasteiger charge is 2.50. The summed E-state index contributed by atoms with van der Waals surface area (Å²) in [6.45, 7) is 5.76. The number of fused-ring (bicyclic) bond motifs is 1. The van der Waals surface area contributed by atoms with Gasteiger partial charge < -0.3 is 14.4 Å². The van der Waals surface area contributed by atoms with Crippen LogP contribution < -0.4 is 0 Å². The third-order valence-electron chi connectivity index (χ3n) is 8.27. The molecule has 3 unspecified atom stereocenters. The van der Waals surface area contributed by atoms with Crippen molar-refractivity contribution in [2.75, 3.05) is 39.3 Å². The Labute approximate surface area is 190 Å². The smallest absolute Gasteiger partial charge is 0.226 e. The van der Waals surface area contributed by atoms with Crippen LogP contribution in [0.15, 0.2) is 24.3 Å². The molecule has 0 N–H and O–H groups in total. The summed E-state index contributed by atoms with van der Waals surface area (Å²) in [5.41, 5.74) is 1.39. The van der Waals surface area contributed by atoms with Crippen LogP contribution in [-0.4, -0.2) is 72.8 Å². The Balaban J connectivity index is 0.988. The van der Waals surface area contributed by atoms with E-state index in [0.717, 1.165) is 63.6 Å². The van der Waals surface area contributed by atoms with E-state index in [1.807, 2.05) is 12.1 Å². The second kappa shape index (κ2) is 8.02. The number of piperidine rings is 1. The van der Waals surface area contributed by atoms with Crippen LogP contribution in [0.25, 0.3) is 0 Å². The predicted molar refractivity (Wildman–Crippen MR) is 119 cm³/mol. The maximum atomic E-state index is 13.1. The Kier molecular flexibility index (Phi) is 5.29. The molecule has 1 saturated carbocycles. The first-order chi connectivity index (χ1) is 15.1. The molecule has 1 aromatic carbocycles. The molecule has 6 heteroatoms. The first kappa shape index (κ1) is 20.5. The van der Waals surface area contributed by atoms with Gasteiger partial charge in [-0.3, -0.25) is 9.69 Å². The Bertz CT molecular complexity index is 817. The van der Waals surface area contributed by atoms with E-state index in [1.54, 1.807) is 0 Å². The van der Waals surface area contributed by atoms with Crippen LogP contribution in [0.4, 0.5) is 0 Å². The summed E-state index contributed by atoms with van der Waals surface area (Å²) in [6.07, 6.45) is 7.47. The summed E-state index contributed by atoms with van der Waals surface area (Å²) in [5.74, 6) is 1.44. The van der Waals surface area contributed by atoms with Crippen LogP contribution in [-0.2, 0) is 14.3 Å². The Morgan fingerprint density at radius 3 is 2.77 bits per heavy atom. The summed E-state index contributed by atoms with van der Waals surface area (Å²) < 4.78 is 12.5. The molecule has 5 fully saturated rings. The molecule has 4 saturated heterocycles. The highest BCUT2D eigenvalue weighted by atomic mass is 35.5. The van der Waals surface area contributed by atoms with E-state index >= 15 is 0 Å². The standard InChI is InChI=1S/C25H33ClN2O3/c26-19-5-3-17(4-6-19)21-12-22(21)24(29)28-9-7-18-11-20(31-23(18)14-28)13-27-15-25(16-27)8-1-2-10-30-25/h3-6,18,20-23H,1-2,7-16H2/t18-,20?,21?,22?,23-/m0/s1. The predicted octanol–water partition coefficient (Wildman–Crippen LogP) is 3.70. The van der Waals surface area contributed by atoms with Gasteiger partial charge in [0.1, 0.15) is 0 Å². The molecule has 1 amide bonds. The molecule has 5 aliphatic rings. The molecule has 4 aliphatic heterocycles. The maximum Gasteiger partial charge on any atom is 0.226 e. The van der Waals surface area contributed by atoms with Gasteiger partial charge in [0, 0.05) is 50.3 Å². The molecule has 4 heterocycles. The fraction of sp³-hybridized carbons (Fsp3) is 0.720. The van der Waals surface area contributed by atoms with Gasteiger partial charge in [0.05, 0.1) is 17.8 Å². The number of likely N-dealkylation sites (tertiary alicyclic amines) is 2. The van der Waals surface area contributed by atoms with Gasteiger partial charge in [0.2, 0.25) is 5.91 Å². The van der Waals surface area contributed by atoms with Crippen molar-refractivity contribution in [3.8, 4) is 0 Å². The van der Waals surface area contributed by atoms with E-state index in [-0.39, 0.29) is 17.6 Å². The van der Waals surface area contributed by atoms with Gasteiger partial charge in [-0.15, -0.1) is 0 Å². The molecule has 31 heavy (non-hydrogen) atoms. The van der Waals surface area contributed by atoms with Crippen LogP contribution in [0.2, 0.25) is 5.02 Å². The van der Waals surface area contributed by atoms with Crippen molar-refractivity contribution in [1.29, 1.82) is 0 Å². The van der Waals surface area contributed by atoms with Gasteiger partial charge in [0.25, 0.3) is 0 Å². The lowest BCUT2D eigenvalue weighted by Gasteiger charge is -2.52. The van der Waals surface area contributed by atoms with E-state index in [1.165, 1.54) is 24.8 Å². The van der Waals surface area contributed by atoms with E-state index in [2.05, 4.69) is 21.9 Å². The number of hydrogen-bond donors (Lipinski definition) is 0. The van der Waals surface area contributed by atoms with E-state index in [4.69, 9.17) is 21.1 Å². The zero-order valence-corrected chi connectivity index (χ0v) is 18.9. The fourth-order valence-corrected chi connectivity index (χ4v) is 6.60. The maximum absolute atomic E-state index is 13.1. The second-order valence-electron chi connectivity index (χ2n) is 10.5. The third-order valence-corrected chi connectivity index (χ3v) is 8.52. The molecule has 0 aromatic heterocycles. The first-order valence-electron chi connectivity index (χ1n) is 12.1. The molecule has 5 atom stereocenters. The van der Waals surface area contributed by atoms with Gasteiger partial charge >= 0.3 is 0 Å². The minimum atomic E-state index is 0.141. The molecular formula is C25H33ClN2O3. The van der Waals surface area contributed by atoms with Crippen molar-refractivity contribution in [2.45, 2.75) is 62.3 Å². The molecule has 0 radical (unpaired) electrons. The largest absolute Gasteiger partial charge is 0.372 e. The lowest BCUT2D eigenvalue weighted by molar-refractivity contribution is -0.173. The topological polar surface area (TPSA) is 42.0 Å². The molecule has 1 aromatic rings. The van der Waals surface area contributed by atoms with E-state index in [9.17, 15) is 4.79 Å². The van der Waals surface area contributed by atoms with Crippen molar-refractivity contribution in [2.24, 2.45) is 11.8 Å². The summed E-state index contributed by atoms with van der Waals surface area (Å²) in [5, 5.41) is 0.752. The van der Waals surface area contributed by atoms with Crippen molar-refractivity contribution in [1.82, 2.24) is 9.80 Å². The highest BCUT2D eigenvalue weighted by molar-refractivity contribution is 6.30. The summed E-state index contributed by atoms with van der Waals surface area (Å²) in [6, 6.07) is 7.98. The molecule has 5 nitrogen and oxygen atoms in total. The Morgan fingerprint density at radius 1 is 1.16 bits per heavy atom. The lowest BCUT2D eigenvalue weighted by atomic mass is 9.85. The van der Waals surface area contributed by atoms with Crippen molar-refractivity contribution < 1.29 is 14.3 Å². The normalized spacial score (nSPS) is 36.8. The molecule has 0 bridgehead atoms. The summed E-state index contributed by atoms with van der Waals surface area (Å²) in [4.78, 5) is 17.7. The van der Waals surface area contributed by atoms with Gasteiger partial charge in [-0.2, -0.15) is 0 Å². The zero-order valence-electron chi connectivity index (χ0n) is 18.2. The number of nitrogens with zero attached hydrogens (tertiary/aromatic N) is 2. The number of benzene rings is 1. The lowest BCUT2D eigenvalue weighted by Crippen LogP contribution is -2.65. The Hall–Kier alpha value is -1.14. The van der Waals surface area contributed by atoms with Crippen LogP contribution in [0.1, 0.15) is 50.0 Å². The van der Waals surface area contributed by atoms with Gasteiger partial charge in [-0.05, 0) is 68.1 Å². The zero-order chi connectivity index (χ0) is 21.0. The van der Waals surface area contributed by atoms with Crippen molar-refractivity contribution in [3.63, 3.8) is 0 Å². The van der Waals surface area contributed by atoms with Crippen LogP contribution >= 0.6 is 11.6 Å². The van der Waals surface area contributed by atoms with Gasteiger partial charge in [0.15, 0.2) is 0 Å². The average Bonchev–Trinajstić information content (AvgIpc) is 3.45. The molecular weight excluding hydrogens is 412 g/mol. The van der Waals surface area contributed by atoms with Crippen LogP contribution in [0, 0.1) is 11.8 Å². The van der Waals surface area contributed by atoms with Gasteiger partial charge in [-0.25, -0.2) is 0 Å². The molecule has 1 aliphatic carbocycles. The van der Waals surface area contributed by atoms with Gasteiger partial charge in [-0.1, -0.05) is 23.7 Å². The summed E-state index contributed by atoms with van der Waals surface area (Å²) in [7, 11) is 0. The number of hydrogen-bond acceptors (Lipinski definition) is 4. The number of rotatable bonds is 4. The average molecular weight is 445 g/mol. The highest BCUT2D eigenvalue weighted by Crippen LogP contribution is 2.49. The molecule has 1 spiro atoms. The quantitative estimate of drug-likeness (QED) is 0.710. The number of carbonyl (C=O) groups excluding carboxylic acids is 1.